The molecule has 0 unspecified atom stereocenters. The van der Waals surface area contributed by atoms with Crippen molar-refractivity contribution >= 4 is 17.6 Å². The summed E-state index contributed by atoms with van der Waals surface area (Å²) in [5.41, 5.74) is 1.85. The van der Waals surface area contributed by atoms with Crippen molar-refractivity contribution in [1.29, 1.82) is 0 Å². The van der Waals surface area contributed by atoms with Crippen LogP contribution in [0.5, 0.6) is 0 Å². The number of urea groups is 1. The van der Waals surface area contributed by atoms with Crippen molar-refractivity contribution in [1.82, 2.24) is 45.1 Å². The van der Waals surface area contributed by atoms with E-state index < -0.39 is 31.0 Å². The van der Waals surface area contributed by atoms with Crippen molar-refractivity contribution in [3.05, 3.63) is 41.6 Å². The molecule has 0 atom stereocenters. The molecule has 4 heterocycles. The van der Waals surface area contributed by atoms with Crippen LogP contribution in [0.4, 0.5) is 22.4 Å². The zero-order valence-corrected chi connectivity index (χ0v) is 21.8. The van der Waals surface area contributed by atoms with Crippen LogP contribution in [0, 0.1) is 5.92 Å². The summed E-state index contributed by atoms with van der Waals surface area (Å²) in [7, 11) is 0. The summed E-state index contributed by atoms with van der Waals surface area (Å²) in [6, 6.07) is 1.12. The van der Waals surface area contributed by atoms with Gasteiger partial charge < -0.3 is 15.5 Å². The number of nitrogens with zero attached hydrogens (tertiary/aromatic N) is 7. The summed E-state index contributed by atoms with van der Waals surface area (Å²) in [6.07, 6.45) is 9.60. The molecule has 40 heavy (non-hydrogen) atoms. The Balaban J connectivity index is 0.000000348. The fourth-order valence-electron chi connectivity index (χ4n) is 4.56. The van der Waals surface area contributed by atoms with Crippen LogP contribution < -0.4 is 10.6 Å². The first-order valence-corrected chi connectivity index (χ1v) is 13.4. The average Bonchev–Trinajstić information content (AvgIpc) is 3.43. The maximum absolute atomic E-state index is 13.6. The molecule has 15 heteroatoms. The van der Waals surface area contributed by atoms with Crippen molar-refractivity contribution in [3.63, 3.8) is 0 Å². The summed E-state index contributed by atoms with van der Waals surface area (Å²) < 4.78 is 53.1. The Morgan fingerprint density at radius 3 is 2.55 bits per heavy atom. The third-order valence-corrected chi connectivity index (χ3v) is 6.91. The van der Waals surface area contributed by atoms with Crippen LogP contribution >= 0.6 is 0 Å². The second-order valence-corrected chi connectivity index (χ2v) is 10.6. The molecule has 2 aliphatic carbocycles. The Kier molecular flexibility index (Phi) is 7.90. The number of imidazole rings is 1. The van der Waals surface area contributed by atoms with Gasteiger partial charge >= 0.3 is 6.03 Å². The van der Waals surface area contributed by atoms with Crippen LogP contribution in [0.2, 0.25) is 0 Å². The lowest BCUT2D eigenvalue weighted by molar-refractivity contribution is -0.0368. The number of hydrogen-bond donors (Lipinski definition) is 2. The second-order valence-electron chi connectivity index (χ2n) is 10.6. The number of rotatable bonds is 7. The molecule has 1 saturated heterocycles. The van der Waals surface area contributed by atoms with Gasteiger partial charge in [-0.3, -0.25) is 4.79 Å². The summed E-state index contributed by atoms with van der Waals surface area (Å²) >= 11 is 0. The lowest BCUT2D eigenvalue weighted by atomic mass is 9.97. The predicted octanol–water partition coefficient (Wildman–Crippen LogP) is 3.41. The van der Waals surface area contributed by atoms with Gasteiger partial charge in [-0.15, -0.1) is 5.10 Å². The number of fused-ring (bicyclic) bond motifs is 1. The summed E-state index contributed by atoms with van der Waals surface area (Å²) in [6.45, 7) is -0.439. The molecule has 2 saturated carbocycles. The van der Waals surface area contributed by atoms with Gasteiger partial charge in [0.2, 0.25) is 5.92 Å². The summed E-state index contributed by atoms with van der Waals surface area (Å²) in [5.74, 6) is -5.05. The van der Waals surface area contributed by atoms with E-state index in [9.17, 15) is 27.2 Å². The second kappa shape index (κ2) is 11.4. The molecule has 3 aliphatic rings. The first-order chi connectivity index (χ1) is 19.1. The minimum absolute atomic E-state index is 0.0135. The third kappa shape index (κ3) is 7.45. The fourth-order valence-corrected chi connectivity index (χ4v) is 4.56. The Hall–Kier alpha value is -3.78. The predicted molar refractivity (Wildman–Crippen MR) is 134 cm³/mol. The molecule has 2 N–H and O–H groups in total. The Morgan fingerprint density at radius 1 is 1.07 bits per heavy atom. The van der Waals surface area contributed by atoms with E-state index >= 15 is 0 Å². The van der Waals surface area contributed by atoms with Gasteiger partial charge in [-0.1, -0.05) is 6.42 Å². The van der Waals surface area contributed by atoms with Gasteiger partial charge in [-0.05, 0) is 43.2 Å². The third-order valence-electron chi connectivity index (χ3n) is 6.91. The van der Waals surface area contributed by atoms with Gasteiger partial charge in [0, 0.05) is 19.4 Å². The maximum Gasteiger partial charge on any atom is 0.318 e. The number of carbonyl (C=O) groups is 2. The van der Waals surface area contributed by atoms with Crippen molar-refractivity contribution in [2.45, 2.75) is 76.4 Å². The van der Waals surface area contributed by atoms with E-state index in [1.54, 1.807) is 17.1 Å². The minimum atomic E-state index is -2.98. The fraction of sp³-hybridized carbons (Fsp3) is 0.600. The molecule has 0 aromatic carbocycles. The highest BCUT2D eigenvalue weighted by Gasteiger charge is 2.38. The van der Waals surface area contributed by atoms with E-state index in [1.807, 2.05) is 0 Å². The Bertz CT molecular complexity index is 1350. The van der Waals surface area contributed by atoms with Crippen molar-refractivity contribution in [2.75, 3.05) is 13.1 Å². The highest BCUT2D eigenvalue weighted by Crippen LogP contribution is 2.32. The molecule has 216 valence electrons. The summed E-state index contributed by atoms with van der Waals surface area (Å²) in [4.78, 5) is 31.2. The molecule has 6 rings (SSSR count). The normalized spacial score (nSPS) is 20.0. The molecular formula is C25H31F4N9O2. The zero-order chi connectivity index (χ0) is 28.3. The van der Waals surface area contributed by atoms with Crippen molar-refractivity contribution in [3.8, 4) is 0 Å². The molecular weight excluding hydrogens is 534 g/mol. The van der Waals surface area contributed by atoms with Crippen LogP contribution in [-0.2, 0) is 19.6 Å². The first-order valence-electron chi connectivity index (χ1n) is 13.4. The van der Waals surface area contributed by atoms with Gasteiger partial charge in [-0.2, -0.15) is 15.0 Å². The topological polar surface area (TPSA) is 122 Å². The molecule has 0 bridgehead atoms. The molecule has 11 nitrogen and oxygen atoms in total. The standard InChI is InChI=1S/C19H21F2N9O2.C6H10F2/c20-19(21)10-23-18(32)28(11-19)7-13-3-16-26-14(9-29(16)24-4-13)5-22-17(31)15-6-25-30(27-15)8-12-1-2-12;7-6(8)4-2-1-3-5-6/h3-4,6,9,12H,1-2,5,7-8,10-11H2,(H,22,31)(H,23,32);1-5H2. The number of nitrogens with one attached hydrogen (secondary N) is 2. The number of halogens is 4. The maximum atomic E-state index is 13.6. The Labute approximate surface area is 227 Å². The molecule has 3 amide bonds. The molecule has 3 aromatic heterocycles. The van der Waals surface area contributed by atoms with E-state index in [0.717, 1.165) is 17.9 Å². The summed E-state index contributed by atoms with van der Waals surface area (Å²) in [5, 5.41) is 17.5. The van der Waals surface area contributed by atoms with Gasteiger partial charge in [-0.25, -0.2) is 31.9 Å². The van der Waals surface area contributed by atoms with Gasteiger partial charge in [0.05, 0.1) is 50.5 Å². The molecule has 3 fully saturated rings. The molecule has 0 radical (unpaired) electrons. The van der Waals surface area contributed by atoms with Gasteiger partial charge in [0.15, 0.2) is 11.3 Å². The van der Waals surface area contributed by atoms with Gasteiger partial charge in [0.25, 0.3) is 11.8 Å². The van der Waals surface area contributed by atoms with Crippen molar-refractivity contribution in [2.24, 2.45) is 5.92 Å². The number of carbonyl (C=O) groups excluding carboxylic acids is 2. The monoisotopic (exact) mass is 565 g/mol. The zero-order valence-electron chi connectivity index (χ0n) is 21.8. The number of amides is 3. The highest BCUT2D eigenvalue weighted by molar-refractivity contribution is 5.91. The lowest BCUT2D eigenvalue weighted by Gasteiger charge is -2.32. The molecule has 1 aliphatic heterocycles. The van der Waals surface area contributed by atoms with E-state index in [0.29, 0.717) is 35.7 Å². The quantitative estimate of drug-likeness (QED) is 0.424. The lowest BCUT2D eigenvalue weighted by Crippen LogP contribution is -2.56. The van der Waals surface area contributed by atoms with Gasteiger partial charge in [0.1, 0.15) is 0 Å². The van der Waals surface area contributed by atoms with Crippen LogP contribution in [0.1, 0.15) is 66.7 Å². The van der Waals surface area contributed by atoms with E-state index in [-0.39, 0.29) is 37.5 Å². The largest absolute Gasteiger partial charge is 0.345 e. The number of alkyl halides is 4. The van der Waals surface area contributed by atoms with E-state index in [1.165, 1.54) is 29.8 Å². The van der Waals surface area contributed by atoms with E-state index in [2.05, 4.69) is 30.9 Å². The Morgan fingerprint density at radius 2 is 1.85 bits per heavy atom. The minimum Gasteiger partial charge on any atom is -0.345 e. The molecule has 3 aromatic rings. The SMILES string of the molecule is FC1(F)CCCCC1.O=C(NCc1cn2ncc(CN3CC(F)(F)CNC3=O)cc2n1)c1cnn(CC2CC2)n1. The van der Waals surface area contributed by atoms with Crippen LogP contribution in [0.3, 0.4) is 0 Å². The van der Waals surface area contributed by atoms with Crippen LogP contribution in [0.15, 0.2) is 24.7 Å². The van der Waals surface area contributed by atoms with Crippen molar-refractivity contribution < 1.29 is 27.2 Å². The van der Waals surface area contributed by atoms with Crippen LogP contribution in [-0.4, -0.2) is 71.4 Å². The number of aromatic nitrogens is 6. The average molecular weight is 566 g/mol. The van der Waals surface area contributed by atoms with E-state index in [4.69, 9.17) is 0 Å². The molecule has 0 spiro atoms. The first kappa shape index (κ1) is 27.8. The highest BCUT2D eigenvalue weighted by atomic mass is 19.3. The number of hydrogen-bond acceptors (Lipinski definition) is 6. The smallest absolute Gasteiger partial charge is 0.318 e. The van der Waals surface area contributed by atoms with Crippen LogP contribution in [0.25, 0.3) is 5.65 Å².